The summed E-state index contributed by atoms with van der Waals surface area (Å²) in [5, 5.41) is 15.8. The van der Waals surface area contributed by atoms with Crippen LogP contribution in [-0.4, -0.2) is 121 Å². The van der Waals surface area contributed by atoms with Crippen molar-refractivity contribution >= 4 is 35.4 Å². The first kappa shape index (κ1) is 43.0. The minimum Gasteiger partial charge on any atom is -0.465 e. The minimum atomic E-state index is -1.06. The van der Waals surface area contributed by atoms with Crippen molar-refractivity contribution in [2.45, 2.75) is 83.7 Å². The maximum absolute atomic E-state index is 13.2. The van der Waals surface area contributed by atoms with Gasteiger partial charge in [0.15, 0.2) is 0 Å². The number of carbonyl (C=O) groups excluding carboxylic acids is 3. The zero-order valence-corrected chi connectivity index (χ0v) is 34.5. The third kappa shape index (κ3) is 12.7. The van der Waals surface area contributed by atoms with Gasteiger partial charge in [-0.15, -0.1) is 0 Å². The van der Waals surface area contributed by atoms with E-state index in [0.717, 1.165) is 98.2 Å². The maximum Gasteiger partial charge on any atom is 0.410 e. The smallest absolute Gasteiger partial charge is 0.410 e. The van der Waals surface area contributed by atoms with E-state index >= 15 is 0 Å². The second-order valence-corrected chi connectivity index (χ2v) is 16.4. The van der Waals surface area contributed by atoms with Gasteiger partial charge in [-0.3, -0.25) is 14.9 Å². The van der Waals surface area contributed by atoms with E-state index in [1.165, 1.54) is 0 Å². The molecule has 12 nitrogen and oxygen atoms in total. The van der Waals surface area contributed by atoms with Crippen LogP contribution in [0.15, 0.2) is 66.7 Å². The number of benzene rings is 3. The third-order valence-electron chi connectivity index (χ3n) is 10.9. The number of rotatable bonds is 17. The molecule has 5 rings (SSSR count). The zero-order chi connectivity index (χ0) is 41.0. The summed E-state index contributed by atoms with van der Waals surface area (Å²) in [6.45, 7) is 11.4. The number of hydrogen-bond donors (Lipinski definition) is 3. The molecule has 12 heteroatoms. The Labute approximate surface area is 338 Å². The Morgan fingerprint density at radius 3 is 2.32 bits per heavy atom. The number of ether oxygens (including phenoxy) is 1. The van der Waals surface area contributed by atoms with Crippen molar-refractivity contribution in [2.75, 3.05) is 77.1 Å². The topological polar surface area (TPSA) is 135 Å². The standard InChI is InChI=1S/C45H62N6O6/c1-45(2,3)57-44(56)49(5)25-13-26-51-29-23-35-32-36(19-20-39(35)42(51)53)46-24-11-7-10-18-40(52)48(4)30-31-50-27-21-34(22-28-50)38-17-12-16-37(41(38)47-43(54)55)33-14-8-6-9-15-33/h6,8-9,12,14-17,19-20,32,34,46-47H,7,10-11,13,18,21-31H2,1-5H3,(H,54,55). The third-order valence-corrected chi connectivity index (χ3v) is 10.9. The van der Waals surface area contributed by atoms with Crippen LogP contribution >= 0.6 is 0 Å². The van der Waals surface area contributed by atoms with Gasteiger partial charge in [0.25, 0.3) is 5.91 Å². The summed E-state index contributed by atoms with van der Waals surface area (Å²) in [4.78, 5) is 57.8. The lowest BCUT2D eigenvalue weighted by atomic mass is 9.86. The van der Waals surface area contributed by atoms with E-state index < -0.39 is 11.7 Å². The van der Waals surface area contributed by atoms with Crippen LogP contribution in [0.4, 0.5) is 21.0 Å². The van der Waals surface area contributed by atoms with Gasteiger partial charge in [-0.2, -0.15) is 0 Å². The number of para-hydroxylation sites is 1. The van der Waals surface area contributed by atoms with Gasteiger partial charge in [-0.25, -0.2) is 9.59 Å². The summed E-state index contributed by atoms with van der Waals surface area (Å²) < 4.78 is 5.41. The summed E-state index contributed by atoms with van der Waals surface area (Å²) in [5.41, 5.74) is 5.87. The molecule has 0 saturated carbocycles. The fourth-order valence-electron chi connectivity index (χ4n) is 7.69. The summed E-state index contributed by atoms with van der Waals surface area (Å²) in [7, 11) is 3.61. The van der Waals surface area contributed by atoms with E-state index in [1.54, 1.807) is 11.9 Å². The Hall–Kier alpha value is -5.10. The monoisotopic (exact) mass is 782 g/mol. The minimum absolute atomic E-state index is 0.0358. The van der Waals surface area contributed by atoms with Crippen LogP contribution in [0.1, 0.15) is 93.1 Å². The van der Waals surface area contributed by atoms with Gasteiger partial charge in [-0.05, 0) is 113 Å². The molecule has 2 heterocycles. The van der Waals surface area contributed by atoms with E-state index in [2.05, 4.69) is 21.6 Å². The Kier molecular flexibility index (Phi) is 15.4. The van der Waals surface area contributed by atoms with Gasteiger partial charge >= 0.3 is 12.2 Å². The molecule has 1 saturated heterocycles. The summed E-state index contributed by atoms with van der Waals surface area (Å²) >= 11 is 0. The lowest BCUT2D eigenvalue weighted by Gasteiger charge is -2.34. The van der Waals surface area contributed by atoms with E-state index in [-0.39, 0.29) is 23.8 Å². The SMILES string of the molecule is CN(CCN1CCC(c2cccc(-c3ccccc3)c2NC(=O)O)CC1)C(=O)CCCCCNc1ccc2c(c1)CCN(CCCN(C)C(=O)OC(C)(C)C)C2=O. The number of carbonyl (C=O) groups is 4. The molecule has 0 spiro atoms. The number of anilines is 2. The molecule has 2 aliphatic heterocycles. The Morgan fingerprint density at radius 1 is 0.842 bits per heavy atom. The number of amides is 4. The predicted octanol–water partition coefficient (Wildman–Crippen LogP) is 8.01. The number of likely N-dealkylation sites (tertiary alicyclic amines) is 1. The molecular formula is C45H62N6O6. The summed E-state index contributed by atoms with van der Waals surface area (Å²) in [5.74, 6) is 0.462. The van der Waals surface area contributed by atoms with Gasteiger partial charge in [0.2, 0.25) is 5.91 Å². The van der Waals surface area contributed by atoms with E-state index in [0.29, 0.717) is 44.7 Å². The van der Waals surface area contributed by atoms with Gasteiger partial charge in [0.05, 0.1) is 5.69 Å². The van der Waals surface area contributed by atoms with Crippen molar-refractivity contribution in [1.29, 1.82) is 0 Å². The molecule has 0 aliphatic carbocycles. The second kappa shape index (κ2) is 20.4. The quantitative estimate of drug-likeness (QED) is 0.117. The molecule has 3 aromatic carbocycles. The largest absolute Gasteiger partial charge is 0.465 e. The van der Waals surface area contributed by atoms with Crippen LogP contribution in [0.5, 0.6) is 0 Å². The van der Waals surface area contributed by atoms with Crippen molar-refractivity contribution in [3.05, 3.63) is 83.4 Å². The molecule has 1 fully saturated rings. The van der Waals surface area contributed by atoms with Crippen LogP contribution in [-0.2, 0) is 16.0 Å². The Balaban J connectivity index is 0.957. The second-order valence-electron chi connectivity index (χ2n) is 16.4. The van der Waals surface area contributed by atoms with Crippen molar-refractivity contribution in [2.24, 2.45) is 0 Å². The number of carboxylic acid groups (broad SMARTS) is 1. The van der Waals surface area contributed by atoms with Crippen LogP contribution in [0.2, 0.25) is 0 Å². The molecule has 4 amide bonds. The van der Waals surface area contributed by atoms with Gasteiger partial charge in [0, 0.05) is 76.6 Å². The highest BCUT2D eigenvalue weighted by Crippen LogP contribution is 2.39. The van der Waals surface area contributed by atoms with Gasteiger partial charge in [-0.1, -0.05) is 55.0 Å². The number of likely N-dealkylation sites (N-methyl/N-ethyl adjacent to an activating group) is 1. The number of nitrogens with one attached hydrogen (secondary N) is 2. The van der Waals surface area contributed by atoms with Crippen molar-refractivity contribution < 1.29 is 29.0 Å². The first-order chi connectivity index (χ1) is 27.3. The summed E-state index contributed by atoms with van der Waals surface area (Å²) in [6.07, 6.45) is 5.19. The van der Waals surface area contributed by atoms with Gasteiger partial charge < -0.3 is 34.8 Å². The number of hydrogen-bond acceptors (Lipinski definition) is 7. The molecule has 57 heavy (non-hydrogen) atoms. The Bertz CT molecular complexity index is 1820. The van der Waals surface area contributed by atoms with Gasteiger partial charge in [0.1, 0.15) is 5.60 Å². The molecule has 0 aromatic heterocycles. The lowest BCUT2D eigenvalue weighted by molar-refractivity contribution is -0.130. The Morgan fingerprint density at radius 2 is 1.60 bits per heavy atom. The average molecular weight is 783 g/mol. The van der Waals surface area contributed by atoms with E-state index in [1.807, 2.05) is 98.3 Å². The number of fused-ring (bicyclic) bond motifs is 1. The highest BCUT2D eigenvalue weighted by Gasteiger charge is 2.27. The number of piperidine rings is 1. The fourth-order valence-corrected chi connectivity index (χ4v) is 7.69. The van der Waals surface area contributed by atoms with E-state index in [9.17, 15) is 24.3 Å². The molecule has 0 bridgehead atoms. The fraction of sp³-hybridized carbons (Fsp3) is 0.511. The van der Waals surface area contributed by atoms with Crippen LogP contribution in [0, 0.1) is 0 Å². The van der Waals surface area contributed by atoms with E-state index in [4.69, 9.17) is 4.74 Å². The molecule has 0 radical (unpaired) electrons. The van der Waals surface area contributed by atoms with Crippen molar-refractivity contribution in [3.8, 4) is 11.1 Å². The van der Waals surface area contributed by atoms with Crippen LogP contribution in [0.25, 0.3) is 11.1 Å². The van der Waals surface area contributed by atoms with Crippen molar-refractivity contribution in [1.82, 2.24) is 19.6 Å². The lowest BCUT2D eigenvalue weighted by Crippen LogP contribution is -2.40. The molecular weight excluding hydrogens is 721 g/mol. The summed E-state index contributed by atoms with van der Waals surface area (Å²) in [6, 6.07) is 21.9. The van der Waals surface area contributed by atoms with Crippen molar-refractivity contribution in [3.63, 3.8) is 0 Å². The van der Waals surface area contributed by atoms with Crippen LogP contribution in [0.3, 0.4) is 0 Å². The average Bonchev–Trinajstić information content (AvgIpc) is 3.18. The highest BCUT2D eigenvalue weighted by molar-refractivity contribution is 5.97. The number of unbranched alkanes of at least 4 members (excludes halogenated alkanes) is 2. The molecule has 3 aromatic rings. The molecule has 0 atom stereocenters. The zero-order valence-electron chi connectivity index (χ0n) is 34.5. The first-order valence-corrected chi connectivity index (χ1v) is 20.5. The first-order valence-electron chi connectivity index (χ1n) is 20.5. The highest BCUT2D eigenvalue weighted by atomic mass is 16.6. The normalized spacial score (nSPS) is 14.8. The predicted molar refractivity (Wildman–Crippen MR) is 226 cm³/mol. The maximum atomic E-state index is 13.2. The van der Waals surface area contributed by atoms with Crippen LogP contribution < -0.4 is 10.6 Å². The molecule has 0 unspecified atom stereocenters. The molecule has 2 aliphatic rings. The number of nitrogens with zero attached hydrogens (tertiary/aromatic N) is 4. The molecule has 3 N–H and O–H groups in total. The molecule has 308 valence electrons.